The summed E-state index contributed by atoms with van der Waals surface area (Å²) in [6.07, 6.45) is 0. The molecule has 0 aliphatic heterocycles. The Kier molecular flexibility index (Phi) is 8.44. The number of nitro benzene ring substituents is 1. The highest BCUT2D eigenvalue weighted by Gasteiger charge is 2.38. The van der Waals surface area contributed by atoms with E-state index in [1.165, 1.54) is 24.3 Å². The molecule has 2 aromatic rings. The first kappa shape index (κ1) is 26.7. The molecule has 2 aromatic carbocycles. The molecular weight excluding hydrogens is 512 g/mol. The Morgan fingerprint density at radius 2 is 1.75 bits per heavy atom. The van der Waals surface area contributed by atoms with E-state index in [9.17, 15) is 18.5 Å². The van der Waals surface area contributed by atoms with Crippen molar-refractivity contribution in [3.05, 3.63) is 69.8 Å². The van der Waals surface area contributed by atoms with Crippen molar-refractivity contribution in [2.45, 2.75) is 61.6 Å². The molecule has 0 aromatic heterocycles. The first-order valence-electron chi connectivity index (χ1n) is 10.3. The molecule has 32 heavy (non-hydrogen) atoms. The zero-order valence-electron chi connectivity index (χ0n) is 19.3. The van der Waals surface area contributed by atoms with Crippen LogP contribution in [-0.4, -0.2) is 33.1 Å². The van der Waals surface area contributed by atoms with E-state index < -0.39 is 29.3 Å². The molecular formula is C22H31BrN2O5SSi. The summed E-state index contributed by atoms with van der Waals surface area (Å²) in [6, 6.07) is 11.9. The minimum Gasteiger partial charge on any atom is -0.416 e. The number of nitro groups is 1. The Morgan fingerprint density at radius 1 is 1.16 bits per heavy atom. The highest BCUT2D eigenvalue weighted by atomic mass is 79.9. The summed E-state index contributed by atoms with van der Waals surface area (Å²) in [5, 5.41) is 10.9. The monoisotopic (exact) mass is 542 g/mol. The summed E-state index contributed by atoms with van der Waals surface area (Å²) >= 11 is 3.66. The lowest BCUT2D eigenvalue weighted by Gasteiger charge is -2.37. The molecule has 176 valence electrons. The normalized spacial score (nSPS) is 14.7. The van der Waals surface area contributed by atoms with Crippen molar-refractivity contribution in [3.63, 3.8) is 0 Å². The molecule has 10 heteroatoms. The predicted octanol–water partition coefficient (Wildman–Crippen LogP) is 5.71. The van der Waals surface area contributed by atoms with Crippen molar-refractivity contribution >= 4 is 40.0 Å². The number of nitrogens with zero attached hydrogens (tertiary/aromatic N) is 1. The van der Waals surface area contributed by atoms with Gasteiger partial charge in [0.05, 0.1) is 20.7 Å². The molecule has 0 saturated carbocycles. The second-order valence-electron chi connectivity index (χ2n) is 9.35. The van der Waals surface area contributed by atoms with Gasteiger partial charge in [0, 0.05) is 18.7 Å². The lowest BCUT2D eigenvalue weighted by molar-refractivity contribution is -0.384. The van der Waals surface area contributed by atoms with E-state index in [4.69, 9.17) is 4.43 Å². The summed E-state index contributed by atoms with van der Waals surface area (Å²) < 4.78 is 35.3. The fourth-order valence-electron chi connectivity index (χ4n) is 2.80. The molecule has 0 radical (unpaired) electrons. The summed E-state index contributed by atoms with van der Waals surface area (Å²) in [4.78, 5) is 9.97. The van der Waals surface area contributed by atoms with Crippen molar-refractivity contribution in [1.82, 2.24) is 4.72 Å². The van der Waals surface area contributed by atoms with Crippen LogP contribution in [0.1, 0.15) is 37.9 Å². The number of sulfonamides is 1. The lowest BCUT2D eigenvalue weighted by Crippen LogP contribution is -2.44. The number of halogens is 1. The molecule has 0 saturated heterocycles. The standard InChI is InChI=1S/C22H31BrN2O5SSi/c1-16-8-7-9-17(14-16)21(20(23)15-30-32(5,6)22(2,3)4)24-31(28,29)19-12-10-18(11-13-19)25(26)27/h7-14,20-21,24H,15H2,1-6H3/t20-,21+/m0/s1. The third-order valence-electron chi connectivity index (χ3n) is 5.81. The maximum Gasteiger partial charge on any atom is 0.269 e. The molecule has 1 N–H and O–H groups in total. The number of rotatable bonds is 9. The van der Waals surface area contributed by atoms with E-state index >= 15 is 0 Å². The van der Waals surface area contributed by atoms with Crippen molar-refractivity contribution in [2.75, 3.05) is 6.61 Å². The van der Waals surface area contributed by atoms with Crippen LogP contribution in [0, 0.1) is 17.0 Å². The van der Waals surface area contributed by atoms with Crippen LogP contribution in [0.3, 0.4) is 0 Å². The van der Waals surface area contributed by atoms with Crippen molar-refractivity contribution in [3.8, 4) is 0 Å². The largest absolute Gasteiger partial charge is 0.416 e. The number of benzene rings is 2. The summed E-state index contributed by atoms with van der Waals surface area (Å²) in [5.74, 6) is 0. The van der Waals surface area contributed by atoms with Gasteiger partial charge in [-0.25, -0.2) is 13.1 Å². The Bertz CT molecular complexity index is 1050. The van der Waals surface area contributed by atoms with Crippen LogP contribution in [0.5, 0.6) is 0 Å². The third kappa shape index (κ3) is 6.71. The van der Waals surface area contributed by atoms with Crippen LogP contribution in [-0.2, 0) is 14.4 Å². The number of aryl methyl sites for hydroxylation is 1. The molecule has 0 heterocycles. The molecule has 0 unspecified atom stereocenters. The maximum atomic E-state index is 13.1. The topological polar surface area (TPSA) is 98.5 Å². The fraction of sp³-hybridized carbons (Fsp3) is 0.455. The van der Waals surface area contributed by atoms with E-state index in [1.54, 1.807) is 0 Å². The molecule has 7 nitrogen and oxygen atoms in total. The smallest absolute Gasteiger partial charge is 0.269 e. The quantitative estimate of drug-likeness (QED) is 0.189. The third-order valence-corrected chi connectivity index (χ3v) is 12.6. The van der Waals surface area contributed by atoms with E-state index in [2.05, 4.69) is 54.5 Å². The average Bonchev–Trinajstić information content (AvgIpc) is 2.69. The zero-order chi connectivity index (χ0) is 24.3. The van der Waals surface area contributed by atoms with Gasteiger partial charge in [0.25, 0.3) is 5.69 Å². The molecule has 0 aliphatic rings. The summed E-state index contributed by atoms with van der Waals surface area (Å²) in [5.41, 5.74) is 1.64. The Hall–Kier alpha value is -1.59. The van der Waals surface area contributed by atoms with Crippen LogP contribution in [0.15, 0.2) is 53.4 Å². The van der Waals surface area contributed by atoms with Gasteiger partial charge in [0.1, 0.15) is 0 Å². The number of nitrogens with one attached hydrogen (secondary N) is 1. The second-order valence-corrected chi connectivity index (χ2v) is 17.1. The van der Waals surface area contributed by atoms with Gasteiger partial charge in [0.2, 0.25) is 10.0 Å². The SMILES string of the molecule is Cc1cccc([C@@H](NS(=O)(=O)c2ccc([N+](=O)[O-])cc2)[C@@H](Br)CO[Si](C)(C)C(C)(C)C)c1. The molecule has 2 atom stereocenters. The van der Waals surface area contributed by atoms with Gasteiger partial charge in [-0.15, -0.1) is 0 Å². The van der Waals surface area contributed by atoms with Gasteiger partial charge >= 0.3 is 0 Å². The van der Waals surface area contributed by atoms with Gasteiger partial charge in [-0.1, -0.05) is 66.5 Å². The van der Waals surface area contributed by atoms with Crippen molar-refractivity contribution in [2.24, 2.45) is 0 Å². The van der Waals surface area contributed by atoms with Crippen molar-refractivity contribution in [1.29, 1.82) is 0 Å². The summed E-state index contributed by atoms with van der Waals surface area (Å²) in [6.45, 7) is 13.0. The van der Waals surface area contributed by atoms with Gasteiger partial charge < -0.3 is 4.43 Å². The summed E-state index contributed by atoms with van der Waals surface area (Å²) in [7, 11) is -5.97. The van der Waals surface area contributed by atoms with Gasteiger partial charge in [-0.3, -0.25) is 10.1 Å². The molecule has 0 aliphatic carbocycles. The number of non-ortho nitro benzene ring substituents is 1. The Morgan fingerprint density at radius 3 is 2.25 bits per heavy atom. The van der Waals surface area contributed by atoms with Crippen LogP contribution >= 0.6 is 15.9 Å². The first-order chi connectivity index (χ1) is 14.6. The molecule has 0 spiro atoms. The number of alkyl halides is 1. The van der Waals surface area contributed by atoms with E-state index in [1.807, 2.05) is 31.2 Å². The molecule has 2 rings (SSSR count). The van der Waals surface area contributed by atoms with Gasteiger partial charge in [-0.2, -0.15) is 0 Å². The van der Waals surface area contributed by atoms with Crippen LogP contribution in [0.4, 0.5) is 5.69 Å². The highest BCUT2D eigenvalue weighted by Crippen LogP contribution is 2.37. The molecule has 0 fully saturated rings. The first-order valence-corrected chi connectivity index (χ1v) is 15.6. The average molecular weight is 544 g/mol. The van der Waals surface area contributed by atoms with Crippen molar-refractivity contribution < 1.29 is 17.8 Å². The Labute approximate surface area is 200 Å². The number of hydrogen-bond acceptors (Lipinski definition) is 5. The number of hydrogen-bond donors (Lipinski definition) is 1. The molecule has 0 bridgehead atoms. The molecule has 0 amide bonds. The van der Waals surface area contributed by atoms with Crippen LogP contribution < -0.4 is 4.72 Å². The highest BCUT2D eigenvalue weighted by molar-refractivity contribution is 9.09. The lowest BCUT2D eigenvalue weighted by atomic mass is 10.0. The minimum atomic E-state index is -3.94. The minimum absolute atomic E-state index is 0.0246. The van der Waals surface area contributed by atoms with E-state index in [0.717, 1.165) is 11.1 Å². The van der Waals surface area contributed by atoms with E-state index in [0.29, 0.717) is 6.61 Å². The van der Waals surface area contributed by atoms with Crippen LogP contribution in [0.25, 0.3) is 0 Å². The van der Waals surface area contributed by atoms with Gasteiger partial charge in [0.15, 0.2) is 8.32 Å². The second kappa shape index (κ2) is 10.1. The predicted molar refractivity (Wildman–Crippen MR) is 133 cm³/mol. The van der Waals surface area contributed by atoms with Gasteiger partial charge in [-0.05, 0) is 42.8 Å². The van der Waals surface area contributed by atoms with Crippen LogP contribution in [0.2, 0.25) is 18.1 Å². The Balaban J connectivity index is 2.34. The fourth-order valence-corrected chi connectivity index (χ4v) is 6.08. The zero-order valence-corrected chi connectivity index (χ0v) is 22.7. The van der Waals surface area contributed by atoms with E-state index in [-0.39, 0.29) is 20.4 Å². The maximum absolute atomic E-state index is 13.1.